The summed E-state index contributed by atoms with van der Waals surface area (Å²) in [5.74, 6) is 0.0744. The fraction of sp³-hybridized carbons (Fsp3) is 0.900. The molecular formula is C10H16O3. The van der Waals surface area contributed by atoms with Gasteiger partial charge in [0.25, 0.3) is 0 Å². The Morgan fingerprint density at radius 3 is 3.00 bits per heavy atom. The summed E-state index contributed by atoms with van der Waals surface area (Å²) in [6.45, 7) is 3.89. The zero-order chi connectivity index (χ0) is 9.64. The van der Waals surface area contributed by atoms with Crippen LogP contribution in [-0.4, -0.2) is 22.8 Å². The Morgan fingerprint density at radius 2 is 2.31 bits per heavy atom. The molecule has 2 fully saturated rings. The van der Waals surface area contributed by atoms with Crippen LogP contribution in [-0.2, 0) is 9.53 Å². The van der Waals surface area contributed by atoms with Gasteiger partial charge in [0.1, 0.15) is 5.60 Å². The summed E-state index contributed by atoms with van der Waals surface area (Å²) in [5, 5.41) is 9.51. The maximum absolute atomic E-state index is 11.3. The third-order valence-electron chi connectivity index (χ3n) is 3.59. The highest BCUT2D eigenvalue weighted by atomic mass is 16.6. The van der Waals surface area contributed by atoms with Gasteiger partial charge in [0, 0.05) is 5.92 Å². The summed E-state index contributed by atoms with van der Waals surface area (Å²) in [5.41, 5.74) is -0.296. The minimum Gasteiger partial charge on any atom is -0.459 e. The summed E-state index contributed by atoms with van der Waals surface area (Å²) in [6.07, 6.45) is 2.03. The van der Waals surface area contributed by atoms with Gasteiger partial charge in [0.15, 0.2) is 0 Å². The van der Waals surface area contributed by atoms with E-state index in [1.165, 1.54) is 0 Å². The van der Waals surface area contributed by atoms with Gasteiger partial charge in [-0.05, 0) is 26.2 Å². The first-order chi connectivity index (χ1) is 6.03. The maximum Gasteiger partial charge on any atom is 0.309 e. The van der Waals surface area contributed by atoms with Gasteiger partial charge in [0.05, 0.1) is 12.0 Å². The highest BCUT2D eigenvalue weighted by molar-refractivity contribution is 5.75. The molecule has 74 valence electrons. The Bertz CT molecular complexity index is 238. The van der Waals surface area contributed by atoms with Crippen LogP contribution in [0.1, 0.15) is 33.1 Å². The molecule has 2 rings (SSSR count). The van der Waals surface area contributed by atoms with E-state index in [1.54, 1.807) is 0 Å². The number of hydrogen-bond donors (Lipinski definition) is 1. The molecule has 0 aromatic heterocycles. The second kappa shape index (κ2) is 2.71. The van der Waals surface area contributed by atoms with Gasteiger partial charge in [-0.3, -0.25) is 4.79 Å². The quantitative estimate of drug-likeness (QED) is 0.573. The first-order valence-electron chi connectivity index (χ1n) is 4.94. The van der Waals surface area contributed by atoms with Crippen LogP contribution in [0.4, 0.5) is 0 Å². The van der Waals surface area contributed by atoms with Crippen LogP contribution in [0.5, 0.6) is 0 Å². The van der Waals surface area contributed by atoms with E-state index in [2.05, 4.69) is 0 Å². The Labute approximate surface area is 78.1 Å². The Balaban J connectivity index is 2.22. The highest BCUT2D eigenvalue weighted by Gasteiger charge is 2.52. The van der Waals surface area contributed by atoms with Gasteiger partial charge in [-0.15, -0.1) is 0 Å². The number of rotatable bonds is 0. The summed E-state index contributed by atoms with van der Waals surface area (Å²) in [7, 11) is 0. The van der Waals surface area contributed by atoms with Crippen LogP contribution in [0.15, 0.2) is 0 Å². The summed E-state index contributed by atoms with van der Waals surface area (Å²) < 4.78 is 5.36. The van der Waals surface area contributed by atoms with Crippen molar-refractivity contribution in [2.75, 3.05) is 0 Å². The van der Waals surface area contributed by atoms with Gasteiger partial charge in [-0.1, -0.05) is 6.92 Å². The minimum atomic E-state index is -0.296. The van der Waals surface area contributed by atoms with Crippen molar-refractivity contribution < 1.29 is 14.6 Å². The summed E-state index contributed by atoms with van der Waals surface area (Å²) >= 11 is 0. The Kier molecular flexibility index (Phi) is 1.88. The molecule has 1 heterocycles. The molecule has 3 heteroatoms. The van der Waals surface area contributed by atoms with E-state index < -0.39 is 0 Å². The number of esters is 1. The van der Waals surface area contributed by atoms with Crippen LogP contribution in [0.25, 0.3) is 0 Å². The average Bonchev–Trinajstić information content (AvgIpc) is 2.28. The first kappa shape index (κ1) is 9.00. The monoisotopic (exact) mass is 184 g/mol. The zero-order valence-electron chi connectivity index (χ0n) is 8.12. The third-order valence-corrected chi connectivity index (χ3v) is 3.59. The number of hydrogen-bond acceptors (Lipinski definition) is 3. The number of carbonyl (C=O) groups is 1. The summed E-state index contributed by atoms with van der Waals surface area (Å²) in [6, 6.07) is 0. The molecule has 3 nitrogen and oxygen atoms in total. The maximum atomic E-state index is 11.3. The Hall–Kier alpha value is -0.570. The van der Waals surface area contributed by atoms with E-state index in [0.29, 0.717) is 6.42 Å². The lowest BCUT2D eigenvalue weighted by Gasteiger charge is -2.36. The number of aliphatic hydroxyl groups is 1. The lowest BCUT2D eigenvalue weighted by atomic mass is 9.72. The van der Waals surface area contributed by atoms with Crippen molar-refractivity contribution in [3.8, 4) is 0 Å². The van der Waals surface area contributed by atoms with Crippen LogP contribution < -0.4 is 0 Å². The van der Waals surface area contributed by atoms with Gasteiger partial charge >= 0.3 is 5.97 Å². The lowest BCUT2D eigenvalue weighted by molar-refractivity contribution is -0.151. The number of fused-ring (bicyclic) bond motifs is 1. The minimum absolute atomic E-state index is 0.0417. The van der Waals surface area contributed by atoms with E-state index in [-0.39, 0.29) is 29.5 Å². The third kappa shape index (κ3) is 1.26. The van der Waals surface area contributed by atoms with Crippen LogP contribution in [0, 0.1) is 11.8 Å². The van der Waals surface area contributed by atoms with E-state index in [1.807, 2.05) is 13.8 Å². The molecule has 0 unspecified atom stereocenters. The van der Waals surface area contributed by atoms with Crippen molar-refractivity contribution >= 4 is 5.97 Å². The van der Waals surface area contributed by atoms with Crippen molar-refractivity contribution in [2.45, 2.75) is 44.8 Å². The molecule has 4 atom stereocenters. The van der Waals surface area contributed by atoms with Crippen LogP contribution in [0.3, 0.4) is 0 Å². The normalized spacial score (nSPS) is 50.1. The van der Waals surface area contributed by atoms with Gasteiger partial charge in [0.2, 0.25) is 0 Å². The van der Waals surface area contributed by atoms with Crippen molar-refractivity contribution in [2.24, 2.45) is 11.8 Å². The van der Waals surface area contributed by atoms with Crippen LogP contribution in [0.2, 0.25) is 0 Å². The molecule has 0 aromatic rings. The van der Waals surface area contributed by atoms with Gasteiger partial charge in [-0.2, -0.15) is 0 Å². The molecule has 1 aliphatic heterocycles. The predicted molar refractivity (Wildman–Crippen MR) is 47.0 cm³/mol. The molecule has 1 saturated carbocycles. The van der Waals surface area contributed by atoms with E-state index >= 15 is 0 Å². The van der Waals surface area contributed by atoms with Crippen molar-refractivity contribution in [1.82, 2.24) is 0 Å². The van der Waals surface area contributed by atoms with Gasteiger partial charge in [-0.25, -0.2) is 0 Å². The fourth-order valence-electron chi connectivity index (χ4n) is 2.65. The molecule has 0 amide bonds. The molecule has 1 saturated heterocycles. The largest absolute Gasteiger partial charge is 0.459 e. The number of ether oxygens (including phenoxy) is 1. The van der Waals surface area contributed by atoms with Gasteiger partial charge < -0.3 is 9.84 Å². The summed E-state index contributed by atoms with van der Waals surface area (Å²) in [4.78, 5) is 11.3. The van der Waals surface area contributed by atoms with Crippen LogP contribution >= 0.6 is 0 Å². The molecule has 0 aromatic carbocycles. The van der Waals surface area contributed by atoms with Crippen molar-refractivity contribution in [3.05, 3.63) is 0 Å². The fourth-order valence-corrected chi connectivity index (χ4v) is 2.65. The second-order valence-electron chi connectivity index (χ2n) is 4.56. The number of aliphatic hydroxyl groups excluding tert-OH is 1. The van der Waals surface area contributed by atoms with Crippen molar-refractivity contribution in [3.63, 3.8) is 0 Å². The Morgan fingerprint density at radius 1 is 1.62 bits per heavy atom. The average molecular weight is 184 g/mol. The highest BCUT2D eigenvalue weighted by Crippen LogP contribution is 2.46. The SMILES string of the molecule is C[C@H]1C(=O)O[C@]2(C)CC[C@@H](O)C[C@H]12. The number of carbonyl (C=O) groups excluding carboxylic acids is 1. The molecule has 13 heavy (non-hydrogen) atoms. The predicted octanol–water partition coefficient (Wildman–Crippen LogP) is 1.10. The van der Waals surface area contributed by atoms with E-state index in [0.717, 1.165) is 12.8 Å². The molecule has 1 N–H and O–H groups in total. The smallest absolute Gasteiger partial charge is 0.309 e. The van der Waals surface area contributed by atoms with E-state index in [9.17, 15) is 9.90 Å². The zero-order valence-corrected chi connectivity index (χ0v) is 8.12. The lowest BCUT2D eigenvalue weighted by Crippen LogP contribution is -2.40. The second-order valence-corrected chi connectivity index (χ2v) is 4.56. The van der Waals surface area contributed by atoms with Crippen molar-refractivity contribution in [1.29, 1.82) is 0 Å². The molecule has 2 aliphatic rings. The molecule has 0 bridgehead atoms. The molecule has 0 spiro atoms. The standard InChI is InChI=1S/C10H16O3/c1-6-8-5-7(11)3-4-10(8,2)13-9(6)12/h6-8,11H,3-5H2,1-2H3/t6-,7-,8-,10-/m1/s1. The molecule has 1 aliphatic carbocycles. The topological polar surface area (TPSA) is 46.5 Å². The molecule has 0 radical (unpaired) electrons. The molecular weight excluding hydrogens is 168 g/mol. The van der Waals surface area contributed by atoms with E-state index in [4.69, 9.17) is 4.74 Å². The first-order valence-corrected chi connectivity index (χ1v) is 4.94.